The summed E-state index contributed by atoms with van der Waals surface area (Å²) in [5.41, 5.74) is 6.87. The third-order valence-corrected chi connectivity index (χ3v) is 9.90. The molecule has 1 fully saturated rings. The zero-order valence-corrected chi connectivity index (χ0v) is 27.4. The van der Waals surface area contributed by atoms with E-state index in [1.54, 1.807) is 60.5 Å². The Hall–Kier alpha value is -3.74. The second-order valence-corrected chi connectivity index (χ2v) is 13.4. The van der Waals surface area contributed by atoms with Crippen LogP contribution in [0.2, 0.25) is 0 Å². The van der Waals surface area contributed by atoms with Crippen LogP contribution in [0.15, 0.2) is 55.1 Å². The summed E-state index contributed by atoms with van der Waals surface area (Å²) in [6.07, 6.45) is 3.90. The Morgan fingerprint density at radius 2 is 1.84 bits per heavy atom. The molecule has 0 atom stereocenters. The molecule has 1 aliphatic rings. The maximum absolute atomic E-state index is 13.3. The first-order valence-corrected chi connectivity index (χ1v) is 16.9. The van der Waals surface area contributed by atoms with Crippen molar-refractivity contribution in [3.8, 4) is 5.75 Å². The summed E-state index contributed by atoms with van der Waals surface area (Å²) in [6.45, 7) is 9.38. The van der Waals surface area contributed by atoms with Gasteiger partial charge in [-0.2, -0.15) is 0 Å². The number of sulfonamides is 1. The Morgan fingerprint density at radius 3 is 2.49 bits per heavy atom. The number of unbranched alkanes of at least 4 members (excludes halogenated alkanes) is 1. The normalized spacial score (nSPS) is 14.8. The number of amides is 3. The van der Waals surface area contributed by atoms with Gasteiger partial charge in [-0.25, -0.2) is 12.7 Å². The lowest BCUT2D eigenvalue weighted by Gasteiger charge is -2.39. The highest BCUT2D eigenvalue weighted by Crippen LogP contribution is 2.26. The maximum Gasteiger partial charge on any atom is 0.253 e. The van der Waals surface area contributed by atoms with E-state index >= 15 is 0 Å². The lowest BCUT2D eigenvalue weighted by molar-refractivity contribution is -0.125. The minimum Gasteiger partial charge on any atom is -0.494 e. The van der Waals surface area contributed by atoms with Crippen molar-refractivity contribution < 1.29 is 32.3 Å². The number of aryl methyl sites for hydroxylation is 2. The molecule has 12 heteroatoms. The van der Waals surface area contributed by atoms with Crippen molar-refractivity contribution in [1.29, 1.82) is 0 Å². The van der Waals surface area contributed by atoms with Crippen LogP contribution in [0.5, 0.6) is 5.75 Å². The van der Waals surface area contributed by atoms with Gasteiger partial charge in [-0.05, 0) is 74.1 Å². The molecule has 0 aliphatic carbocycles. The van der Waals surface area contributed by atoms with E-state index < -0.39 is 27.4 Å². The monoisotopic (exact) mass is 642 g/mol. The predicted molar refractivity (Wildman–Crippen MR) is 174 cm³/mol. The number of carbonyl (C=O) groups excluding carboxylic acids is 3. The van der Waals surface area contributed by atoms with Gasteiger partial charge in [-0.1, -0.05) is 31.6 Å². The Bertz CT molecular complexity index is 1450. The third kappa shape index (κ3) is 9.87. The number of piperidine rings is 1. The standard InChI is InChI=1S/C33H46N4O7S/c1-5-7-20-44-29-10-8-9-27(24-29)30(38)35-33(32(34)40)14-16-37(17-15-33)45(41,42)22-13-26-11-12-28(23-25(26)3)31(39)36(4)18-21-43-19-6-2/h6,8-12,23-24H,2,5,7,13-22H2,1,3-4H3,(H2,34,40)(H,35,38). The van der Waals surface area contributed by atoms with E-state index in [0.29, 0.717) is 43.2 Å². The molecule has 246 valence electrons. The number of benzene rings is 2. The van der Waals surface area contributed by atoms with Gasteiger partial charge in [0.25, 0.3) is 11.8 Å². The molecule has 3 rings (SSSR count). The second-order valence-electron chi connectivity index (χ2n) is 11.3. The first-order valence-electron chi connectivity index (χ1n) is 15.3. The van der Waals surface area contributed by atoms with Crippen LogP contribution in [0.25, 0.3) is 0 Å². The molecule has 1 saturated heterocycles. The Morgan fingerprint density at radius 1 is 1.11 bits per heavy atom. The summed E-state index contributed by atoms with van der Waals surface area (Å²) in [6, 6.07) is 12.0. The van der Waals surface area contributed by atoms with E-state index in [9.17, 15) is 22.8 Å². The van der Waals surface area contributed by atoms with Gasteiger partial charge in [-0.15, -0.1) is 6.58 Å². The molecule has 1 heterocycles. The Balaban J connectivity index is 1.58. The number of nitrogens with two attached hydrogens (primary N) is 1. The van der Waals surface area contributed by atoms with E-state index in [4.69, 9.17) is 15.2 Å². The minimum atomic E-state index is -3.67. The Kier molecular flexibility index (Phi) is 13.1. The first-order chi connectivity index (χ1) is 21.4. The summed E-state index contributed by atoms with van der Waals surface area (Å²) >= 11 is 0. The molecule has 3 N–H and O–H groups in total. The number of carbonyl (C=O) groups is 3. The van der Waals surface area contributed by atoms with Gasteiger partial charge in [0.2, 0.25) is 15.9 Å². The van der Waals surface area contributed by atoms with E-state index in [0.717, 1.165) is 24.0 Å². The van der Waals surface area contributed by atoms with Crippen molar-refractivity contribution in [2.75, 3.05) is 52.3 Å². The van der Waals surface area contributed by atoms with Crippen molar-refractivity contribution in [3.05, 3.63) is 77.4 Å². The number of nitrogens with zero attached hydrogens (tertiary/aromatic N) is 2. The van der Waals surface area contributed by atoms with Gasteiger partial charge in [0, 0.05) is 37.8 Å². The van der Waals surface area contributed by atoms with Crippen LogP contribution in [0.4, 0.5) is 0 Å². The SMILES string of the molecule is C=CCOCCN(C)C(=O)c1ccc(CCS(=O)(=O)N2CCC(NC(=O)c3cccc(OCCCC)c3)(C(N)=O)CC2)c(C)c1. The lowest BCUT2D eigenvalue weighted by atomic mass is 9.87. The number of hydrogen-bond acceptors (Lipinski definition) is 7. The molecule has 45 heavy (non-hydrogen) atoms. The summed E-state index contributed by atoms with van der Waals surface area (Å²) in [5, 5.41) is 2.79. The summed E-state index contributed by atoms with van der Waals surface area (Å²) in [7, 11) is -1.97. The highest BCUT2D eigenvalue weighted by Gasteiger charge is 2.43. The van der Waals surface area contributed by atoms with Crippen LogP contribution in [0, 0.1) is 6.92 Å². The molecule has 0 aromatic heterocycles. The van der Waals surface area contributed by atoms with E-state index in [2.05, 4.69) is 18.8 Å². The quantitative estimate of drug-likeness (QED) is 0.199. The number of rotatable bonds is 17. The van der Waals surface area contributed by atoms with E-state index in [1.807, 2.05) is 6.92 Å². The van der Waals surface area contributed by atoms with Gasteiger partial charge in [0.1, 0.15) is 11.3 Å². The molecule has 1 aliphatic heterocycles. The highest BCUT2D eigenvalue weighted by atomic mass is 32.2. The molecule has 2 aromatic carbocycles. The maximum atomic E-state index is 13.3. The fourth-order valence-electron chi connectivity index (χ4n) is 5.10. The number of primary amides is 1. The van der Waals surface area contributed by atoms with Crippen molar-refractivity contribution in [1.82, 2.24) is 14.5 Å². The molecule has 0 saturated carbocycles. The average molecular weight is 643 g/mol. The van der Waals surface area contributed by atoms with Crippen LogP contribution >= 0.6 is 0 Å². The van der Waals surface area contributed by atoms with E-state index in [1.165, 1.54) is 4.31 Å². The molecule has 11 nitrogen and oxygen atoms in total. The average Bonchev–Trinajstić information content (AvgIpc) is 3.02. The Labute approximate surface area is 266 Å². The van der Waals surface area contributed by atoms with Crippen LogP contribution in [-0.4, -0.2) is 93.1 Å². The van der Waals surface area contributed by atoms with Crippen LogP contribution in [-0.2, 0) is 26.0 Å². The van der Waals surface area contributed by atoms with Gasteiger partial charge in [-0.3, -0.25) is 14.4 Å². The molecule has 0 radical (unpaired) electrons. The minimum absolute atomic E-state index is 0.0427. The van der Waals surface area contributed by atoms with Crippen molar-refractivity contribution >= 4 is 27.7 Å². The van der Waals surface area contributed by atoms with Crippen molar-refractivity contribution in [2.45, 2.75) is 51.5 Å². The number of hydrogen-bond donors (Lipinski definition) is 2. The molecule has 2 aromatic rings. The van der Waals surface area contributed by atoms with Gasteiger partial charge < -0.3 is 25.4 Å². The zero-order chi connectivity index (χ0) is 33.0. The number of nitrogens with one attached hydrogen (secondary N) is 1. The van der Waals surface area contributed by atoms with Crippen LogP contribution < -0.4 is 15.8 Å². The third-order valence-electron chi connectivity index (χ3n) is 8.03. The van der Waals surface area contributed by atoms with Crippen LogP contribution in [0.3, 0.4) is 0 Å². The first kappa shape index (κ1) is 35.7. The van der Waals surface area contributed by atoms with Crippen molar-refractivity contribution in [2.24, 2.45) is 5.73 Å². The fourth-order valence-corrected chi connectivity index (χ4v) is 6.57. The summed E-state index contributed by atoms with van der Waals surface area (Å²) < 4.78 is 39.0. The molecule has 3 amide bonds. The highest BCUT2D eigenvalue weighted by molar-refractivity contribution is 7.89. The molecular weight excluding hydrogens is 596 g/mol. The molecule has 0 spiro atoms. The predicted octanol–water partition coefficient (Wildman–Crippen LogP) is 3.07. The van der Waals surface area contributed by atoms with E-state index in [-0.39, 0.29) is 44.0 Å². The topological polar surface area (TPSA) is 148 Å². The largest absolute Gasteiger partial charge is 0.494 e. The van der Waals surface area contributed by atoms with Crippen molar-refractivity contribution in [3.63, 3.8) is 0 Å². The number of likely N-dealkylation sites (N-methyl/N-ethyl adjacent to an activating group) is 1. The summed E-state index contributed by atoms with van der Waals surface area (Å²) in [5.74, 6) is -0.911. The van der Waals surface area contributed by atoms with Crippen LogP contribution in [0.1, 0.15) is 64.4 Å². The molecule has 0 unspecified atom stereocenters. The van der Waals surface area contributed by atoms with Gasteiger partial charge in [0.15, 0.2) is 0 Å². The molecule has 0 bridgehead atoms. The zero-order valence-electron chi connectivity index (χ0n) is 26.5. The van der Waals surface area contributed by atoms with Gasteiger partial charge >= 0.3 is 0 Å². The van der Waals surface area contributed by atoms with Gasteiger partial charge in [0.05, 0.1) is 25.6 Å². The second kappa shape index (κ2) is 16.5. The molecular formula is C33H46N4O7S. The summed E-state index contributed by atoms with van der Waals surface area (Å²) in [4.78, 5) is 40.0. The lowest BCUT2D eigenvalue weighted by Crippen LogP contribution is -2.62. The number of ether oxygens (including phenoxy) is 2. The smallest absolute Gasteiger partial charge is 0.253 e. The fraction of sp³-hybridized carbons (Fsp3) is 0.485.